The summed E-state index contributed by atoms with van der Waals surface area (Å²) in [5.41, 5.74) is 3.37. The maximum Gasteiger partial charge on any atom is 0.257 e. The van der Waals surface area contributed by atoms with Gasteiger partial charge in [0.15, 0.2) is 5.13 Å². The van der Waals surface area contributed by atoms with Crippen molar-refractivity contribution in [2.75, 3.05) is 18.4 Å². The van der Waals surface area contributed by atoms with Crippen molar-refractivity contribution in [2.45, 2.75) is 31.6 Å². The number of anilines is 1. The first kappa shape index (κ1) is 23.4. The summed E-state index contributed by atoms with van der Waals surface area (Å²) in [7, 11) is -3.88. The number of sulfonamides is 1. The lowest BCUT2D eigenvalue weighted by atomic mass is 10.1. The third kappa shape index (κ3) is 5.11. The molecule has 0 saturated carbocycles. The number of carbonyl (C=O) groups is 1. The highest BCUT2D eigenvalue weighted by Gasteiger charge is 2.24. The van der Waals surface area contributed by atoms with E-state index in [4.69, 9.17) is 10.5 Å². The molecule has 0 aliphatic carbocycles. The van der Waals surface area contributed by atoms with Crippen LogP contribution in [0.25, 0.3) is 10.2 Å². The molecule has 0 saturated heterocycles. The van der Waals surface area contributed by atoms with Crippen molar-refractivity contribution in [2.24, 2.45) is 0 Å². The zero-order valence-corrected chi connectivity index (χ0v) is 19.3. The van der Waals surface area contributed by atoms with Gasteiger partial charge in [0, 0.05) is 31.5 Å². The average molecular weight is 468 g/mol. The van der Waals surface area contributed by atoms with Gasteiger partial charge >= 0.3 is 0 Å². The van der Waals surface area contributed by atoms with E-state index in [1.54, 1.807) is 0 Å². The molecule has 3 rings (SSSR count). The van der Waals surface area contributed by atoms with E-state index in [0.717, 1.165) is 25.6 Å². The molecule has 0 atom stereocenters. The quantitative estimate of drug-likeness (QED) is 0.534. The minimum atomic E-state index is -3.88. The molecule has 0 aliphatic heterocycles. The predicted octanol–water partition coefficient (Wildman–Crippen LogP) is 3.98. The van der Waals surface area contributed by atoms with Crippen molar-refractivity contribution in [3.63, 3.8) is 0 Å². The summed E-state index contributed by atoms with van der Waals surface area (Å²) in [6.45, 7) is 4.02. The molecule has 1 aromatic heterocycles. The standard InChI is InChI=1S/C22H21N5O3S2/c1-15-13-19-20(14-16(15)2)31-22(25-19)26-21(28)17-5-7-18(8-6-17)32(29,30)27(11-3-9-23)12-4-10-24/h5-8,13-14H,3-4,11-12H2,1-2H3,(H,25,26,28). The third-order valence-electron chi connectivity index (χ3n) is 4.92. The molecule has 0 aliphatic rings. The van der Waals surface area contributed by atoms with Crippen LogP contribution in [-0.2, 0) is 10.0 Å². The van der Waals surface area contributed by atoms with Crippen molar-refractivity contribution in [1.29, 1.82) is 10.5 Å². The molecule has 0 bridgehead atoms. The molecule has 10 heteroatoms. The van der Waals surface area contributed by atoms with Gasteiger partial charge in [-0.1, -0.05) is 11.3 Å². The number of carbonyl (C=O) groups excluding carboxylic acids is 1. The van der Waals surface area contributed by atoms with Crippen LogP contribution in [0.1, 0.15) is 34.3 Å². The van der Waals surface area contributed by atoms with Crippen molar-refractivity contribution >= 4 is 42.6 Å². The summed E-state index contributed by atoms with van der Waals surface area (Å²) in [6.07, 6.45) is 0.0404. The Bertz CT molecular complexity index is 1280. The van der Waals surface area contributed by atoms with Crippen LogP contribution in [0.3, 0.4) is 0 Å². The van der Waals surface area contributed by atoms with E-state index < -0.39 is 15.9 Å². The van der Waals surface area contributed by atoms with Crippen LogP contribution in [0.2, 0.25) is 0 Å². The van der Waals surface area contributed by atoms with Gasteiger partial charge in [0.25, 0.3) is 5.91 Å². The number of aryl methyl sites for hydroxylation is 2. The van der Waals surface area contributed by atoms with Crippen LogP contribution in [0.4, 0.5) is 5.13 Å². The number of nitrogens with one attached hydrogen (secondary N) is 1. The third-order valence-corrected chi connectivity index (χ3v) is 7.77. The van der Waals surface area contributed by atoms with Crippen molar-refractivity contribution in [1.82, 2.24) is 9.29 Å². The number of hydrogen-bond donors (Lipinski definition) is 1. The fraction of sp³-hybridized carbons (Fsp3) is 0.273. The first-order valence-electron chi connectivity index (χ1n) is 9.79. The molecule has 164 valence electrons. The number of fused-ring (bicyclic) bond motifs is 1. The Kier molecular flexibility index (Phi) is 7.21. The SMILES string of the molecule is Cc1cc2nc(NC(=O)c3ccc(S(=O)(=O)N(CCC#N)CCC#N)cc3)sc2cc1C. The molecule has 1 N–H and O–H groups in total. The van der Waals surface area contributed by atoms with Gasteiger partial charge in [0.2, 0.25) is 10.0 Å². The predicted molar refractivity (Wildman–Crippen MR) is 123 cm³/mol. The molecule has 0 unspecified atom stereocenters. The number of rotatable bonds is 8. The number of amides is 1. The molecule has 1 heterocycles. The highest BCUT2D eigenvalue weighted by molar-refractivity contribution is 7.89. The minimum absolute atomic E-state index is 0.000688. The van der Waals surface area contributed by atoms with Crippen LogP contribution in [-0.4, -0.2) is 36.7 Å². The largest absolute Gasteiger partial charge is 0.298 e. The second kappa shape index (κ2) is 9.88. The Morgan fingerprint density at radius 1 is 1.06 bits per heavy atom. The number of thiazole rings is 1. The number of aromatic nitrogens is 1. The minimum Gasteiger partial charge on any atom is -0.298 e. The van der Waals surface area contributed by atoms with Gasteiger partial charge in [-0.2, -0.15) is 14.8 Å². The highest BCUT2D eigenvalue weighted by Crippen LogP contribution is 2.28. The van der Waals surface area contributed by atoms with E-state index in [1.165, 1.54) is 35.6 Å². The van der Waals surface area contributed by atoms with Gasteiger partial charge in [-0.05, 0) is 61.4 Å². The highest BCUT2D eigenvalue weighted by atomic mass is 32.2. The summed E-state index contributed by atoms with van der Waals surface area (Å²) in [5, 5.41) is 20.8. The Labute approximate surface area is 190 Å². The summed E-state index contributed by atoms with van der Waals surface area (Å²) >= 11 is 1.37. The first-order valence-corrected chi connectivity index (χ1v) is 12.0. The van der Waals surface area contributed by atoms with Crippen LogP contribution < -0.4 is 5.32 Å². The van der Waals surface area contributed by atoms with Gasteiger partial charge in [-0.15, -0.1) is 0 Å². The van der Waals surface area contributed by atoms with E-state index in [9.17, 15) is 13.2 Å². The van der Waals surface area contributed by atoms with Crippen LogP contribution in [0, 0.1) is 36.5 Å². The van der Waals surface area contributed by atoms with Crippen molar-refractivity contribution in [3.8, 4) is 12.1 Å². The van der Waals surface area contributed by atoms with Gasteiger partial charge < -0.3 is 0 Å². The van der Waals surface area contributed by atoms with Crippen LogP contribution in [0.5, 0.6) is 0 Å². The van der Waals surface area contributed by atoms with Gasteiger partial charge in [-0.25, -0.2) is 13.4 Å². The fourth-order valence-electron chi connectivity index (χ4n) is 3.03. The summed E-state index contributed by atoms with van der Waals surface area (Å²) in [4.78, 5) is 17.1. The second-order valence-corrected chi connectivity index (χ2v) is 10.1. The Balaban J connectivity index is 1.77. The molecule has 32 heavy (non-hydrogen) atoms. The maximum absolute atomic E-state index is 12.9. The summed E-state index contributed by atoms with van der Waals surface area (Å²) in [5.74, 6) is -0.396. The summed E-state index contributed by atoms with van der Waals surface area (Å²) in [6, 6.07) is 13.4. The molecule has 0 fully saturated rings. The number of hydrogen-bond acceptors (Lipinski definition) is 7. The number of benzene rings is 2. The lowest BCUT2D eigenvalue weighted by molar-refractivity contribution is 0.102. The molecule has 8 nitrogen and oxygen atoms in total. The molecular weight excluding hydrogens is 446 g/mol. The lowest BCUT2D eigenvalue weighted by Crippen LogP contribution is -2.32. The van der Waals surface area contributed by atoms with E-state index in [1.807, 2.05) is 38.1 Å². The maximum atomic E-state index is 12.9. The number of nitrogens with zero attached hydrogens (tertiary/aromatic N) is 4. The Morgan fingerprint density at radius 2 is 1.66 bits per heavy atom. The normalized spacial score (nSPS) is 11.3. The summed E-state index contributed by atoms with van der Waals surface area (Å²) < 4.78 is 27.8. The monoisotopic (exact) mass is 467 g/mol. The molecule has 3 aromatic rings. The molecule has 0 spiro atoms. The van der Waals surface area contributed by atoms with Crippen LogP contribution >= 0.6 is 11.3 Å². The molecule has 1 amide bonds. The topological polar surface area (TPSA) is 127 Å². The van der Waals surface area contributed by atoms with Gasteiger partial charge in [0.1, 0.15) is 0 Å². The second-order valence-electron chi connectivity index (χ2n) is 7.12. The molecular formula is C22H21N5O3S2. The zero-order valence-electron chi connectivity index (χ0n) is 17.6. The lowest BCUT2D eigenvalue weighted by Gasteiger charge is -2.20. The van der Waals surface area contributed by atoms with Gasteiger partial charge in [0.05, 0.1) is 27.3 Å². The van der Waals surface area contributed by atoms with Gasteiger partial charge in [-0.3, -0.25) is 10.1 Å². The fourth-order valence-corrected chi connectivity index (χ4v) is 5.41. The van der Waals surface area contributed by atoms with E-state index in [2.05, 4.69) is 10.3 Å². The Hall–Kier alpha value is -3.31. The molecule has 2 aromatic carbocycles. The van der Waals surface area contributed by atoms with E-state index >= 15 is 0 Å². The zero-order chi connectivity index (χ0) is 23.3. The first-order chi connectivity index (χ1) is 15.3. The van der Waals surface area contributed by atoms with Crippen molar-refractivity contribution in [3.05, 3.63) is 53.1 Å². The average Bonchev–Trinajstić information content (AvgIpc) is 3.14. The molecule has 0 radical (unpaired) electrons. The van der Waals surface area contributed by atoms with E-state index in [-0.39, 0.29) is 36.4 Å². The number of nitriles is 2. The van der Waals surface area contributed by atoms with Crippen LogP contribution in [0.15, 0.2) is 41.3 Å². The smallest absolute Gasteiger partial charge is 0.257 e. The Morgan fingerprint density at radius 3 is 2.25 bits per heavy atom. The van der Waals surface area contributed by atoms with Crippen molar-refractivity contribution < 1.29 is 13.2 Å². The van der Waals surface area contributed by atoms with E-state index in [0.29, 0.717) is 5.13 Å².